The van der Waals surface area contributed by atoms with E-state index in [0.29, 0.717) is 21.8 Å². The predicted molar refractivity (Wildman–Crippen MR) is 93.1 cm³/mol. The maximum atomic E-state index is 12.2. The molecule has 2 aromatic carbocycles. The van der Waals surface area contributed by atoms with Crippen molar-refractivity contribution in [1.82, 2.24) is 5.32 Å². The number of hydrogen-bond acceptors (Lipinski definition) is 2. The van der Waals surface area contributed by atoms with Crippen molar-refractivity contribution in [1.29, 1.82) is 0 Å². The minimum Gasteiger partial charge on any atom is -0.350 e. The zero-order chi connectivity index (χ0) is 16.8. The number of rotatable bonds is 5. The molecule has 120 valence electrons. The van der Waals surface area contributed by atoms with Crippen LogP contribution in [0.25, 0.3) is 0 Å². The second kappa shape index (κ2) is 7.79. The van der Waals surface area contributed by atoms with Crippen LogP contribution in [0.4, 0.5) is 5.69 Å². The molecule has 2 N–H and O–H groups in total. The standard InChI is InChI=1S/C18H19ClN2O2/c1-3-12(2)20-17(22)13-7-6-8-14(11-13)21-18(23)15-9-4-5-10-16(15)19/h4-12H,3H2,1-2H3,(H,20,22)(H,21,23). The van der Waals surface area contributed by atoms with E-state index in [2.05, 4.69) is 10.6 Å². The van der Waals surface area contributed by atoms with Gasteiger partial charge in [-0.25, -0.2) is 0 Å². The summed E-state index contributed by atoms with van der Waals surface area (Å²) in [7, 11) is 0. The van der Waals surface area contributed by atoms with E-state index in [4.69, 9.17) is 11.6 Å². The summed E-state index contributed by atoms with van der Waals surface area (Å²) in [5, 5.41) is 6.04. The van der Waals surface area contributed by atoms with E-state index in [1.54, 1.807) is 48.5 Å². The summed E-state index contributed by atoms with van der Waals surface area (Å²) < 4.78 is 0. The van der Waals surface area contributed by atoms with E-state index < -0.39 is 0 Å². The van der Waals surface area contributed by atoms with E-state index >= 15 is 0 Å². The molecule has 0 heterocycles. The lowest BCUT2D eigenvalue weighted by Crippen LogP contribution is -2.31. The molecule has 0 spiro atoms. The monoisotopic (exact) mass is 330 g/mol. The molecule has 2 rings (SSSR count). The molecule has 1 unspecified atom stereocenters. The van der Waals surface area contributed by atoms with Crippen LogP contribution in [0.5, 0.6) is 0 Å². The Bertz CT molecular complexity index is 716. The van der Waals surface area contributed by atoms with Gasteiger partial charge in [0.2, 0.25) is 0 Å². The van der Waals surface area contributed by atoms with Gasteiger partial charge in [0.25, 0.3) is 11.8 Å². The second-order valence-corrected chi connectivity index (χ2v) is 5.70. The smallest absolute Gasteiger partial charge is 0.257 e. The molecular weight excluding hydrogens is 312 g/mol. The van der Waals surface area contributed by atoms with Crippen LogP contribution in [-0.4, -0.2) is 17.9 Å². The van der Waals surface area contributed by atoms with Crippen LogP contribution >= 0.6 is 11.6 Å². The maximum absolute atomic E-state index is 12.2. The number of nitrogens with one attached hydrogen (secondary N) is 2. The third kappa shape index (κ3) is 4.57. The Morgan fingerprint density at radius 3 is 2.52 bits per heavy atom. The summed E-state index contributed by atoms with van der Waals surface area (Å²) in [5.74, 6) is -0.469. The number of hydrogen-bond donors (Lipinski definition) is 2. The molecule has 0 aliphatic heterocycles. The Labute approximate surface area is 140 Å². The first kappa shape index (κ1) is 17.0. The van der Waals surface area contributed by atoms with Gasteiger partial charge in [-0.1, -0.05) is 36.7 Å². The van der Waals surface area contributed by atoms with Crippen LogP contribution < -0.4 is 10.6 Å². The minimum atomic E-state index is -0.310. The number of benzene rings is 2. The molecule has 1 atom stereocenters. The quantitative estimate of drug-likeness (QED) is 0.866. The summed E-state index contributed by atoms with van der Waals surface area (Å²) in [5.41, 5.74) is 1.44. The first-order valence-corrected chi connectivity index (χ1v) is 7.86. The van der Waals surface area contributed by atoms with Crippen molar-refractivity contribution in [3.8, 4) is 0 Å². The highest BCUT2D eigenvalue weighted by molar-refractivity contribution is 6.34. The van der Waals surface area contributed by atoms with Crippen molar-refractivity contribution in [3.63, 3.8) is 0 Å². The highest BCUT2D eigenvalue weighted by atomic mass is 35.5. The van der Waals surface area contributed by atoms with Gasteiger partial charge in [-0.2, -0.15) is 0 Å². The van der Waals surface area contributed by atoms with Crippen molar-refractivity contribution in [2.75, 3.05) is 5.32 Å². The maximum Gasteiger partial charge on any atom is 0.257 e. The van der Waals surface area contributed by atoms with Crippen molar-refractivity contribution in [2.24, 2.45) is 0 Å². The van der Waals surface area contributed by atoms with Crippen molar-refractivity contribution < 1.29 is 9.59 Å². The summed E-state index contributed by atoms with van der Waals surface area (Å²) >= 11 is 6.02. The number of carbonyl (C=O) groups excluding carboxylic acids is 2. The molecule has 0 radical (unpaired) electrons. The molecule has 5 heteroatoms. The molecule has 0 aliphatic rings. The van der Waals surface area contributed by atoms with E-state index in [1.807, 2.05) is 13.8 Å². The van der Waals surface area contributed by atoms with Crippen molar-refractivity contribution in [2.45, 2.75) is 26.3 Å². The van der Waals surface area contributed by atoms with Crippen molar-refractivity contribution >= 4 is 29.1 Å². The molecule has 0 saturated heterocycles. The fraction of sp³-hybridized carbons (Fsp3) is 0.222. The predicted octanol–water partition coefficient (Wildman–Crippen LogP) is 4.12. The Morgan fingerprint density at radius 2 is 1.83 bits per heavy atom. The number of anilines is 1. The highest BCUT2D eigenvalue weighted by Crippen LogP contribution is 2.18. The SMILES string of the molecule is CCC(C)NC(=O)c1cccc(NC(=O)c2ccccc2Cl)c1. The summed E-state index contributed by atoms with van der Waals surface area (Å²) in [6.45, 7) is 3.95. The van der Waals surface area contributed by atoms with E-state index in [9.17, 15) is 9.59 Å². The first-order chi connectivity index (χ1) is 11.0. The van der Waals surface area contributed by atoms with Gasteiger partial charge < -0.3 is 10.6 Å². The highest BCUT2D eigenvalue weighted by Gasteiger charge is 2.12. The van der Waals surface area contributed by atoms with E-state index in [-0.39, 0.29) is 17.9 Å². The van der Waals surface area contributed by atoms with Gasteiger partial charge >= 0.3 is 0 Å². The molecule has 2 amide bonds. The average molecular weight is 331 g/mol. The van der Waals surface area contributed by atoms with Crippen LogP contribution in [0.3, 0.4) is 0 Å². The summed E-state index contributed by atoms with van der Waals surface area (Å²) in [6, 6.07) is 13.7. The van der Waals surface area contributed by atoms with Crippen LogP contribution in [0, 0.1) is 0 Å². The number of amides is 2. The lowest BCUT2D eigenvalue weighted by Gasteiger charge is -2.12. The van der Waals surface area contributed by atoms with Gasteiger partial charge in [-0.15, -0.1) is 0 Å². The zero-order valence-corrected chi connectivity index (χ0v) is 13.9. The Balaban J connectivity index is 2.13. The summed E-state index contributed by atoms with van der Waals surface area (Å²) in [4.78, 5) is 24.4. The molecule has 0 fully saturated rings. The lowest BCUT2D eigenvalue weighted by molar-refractivity contribution is 0.0938. The van der Waals surface area contributed by atoms with Crippen LogP contribution in [0.1, 0.15) is 41.0 Å². The molecule has 0 bridgehead atoms. The first-order valence-electron chi connectivity index (χ1n) is 7.48. The lowest BCUT2D eigenvalue weighted by atomic mass is 10.1. The van der Waals surface area contributed by atoms with Crippen LogP contribution in [0.15, 0.2) is 48.5 Å². The normalized spacial score (nSPS) is 11.6. The van der Waals surface area contributed by atoms with Crippen LogP contribution in [0.2, 0.25) is 5.02 Å². The second-order valence-electron chi connectivity index (χ2n) is 5.30. The largest absolute Gasteiger partial charge is 0.350 e. The molecule has 0 aromatic heterocycles. The number of halogens is 1. The third-order valence-corrected chi connectivity index (χ3v) is 3.82. The topological polar surface area (TPSA) is 58.2 Å². The van der Waals surface area contributed by atoms with E-state index in [0.717, 1.165) is 6.42 Å². The Morgan fingerprint density at radius 1 is 1.09 bits per heavy atom. The molecule has 4 nitrogen and oxygen atoms in total. The average Bonchev–Trinajstić information content (AvgIpc) is 2.55. The van der Waals surface area contributed by atoms with Gasteiger partial charge in [0.05, 0.1) is 10.6 Å². The fourth-order valence-electron chi connectivity index (χ4n) is 1.99. The van der Waals surface area contributed by atoms with Gasteiger partial charge in [-0.3, -0.25) is 9.59 Å². The molecular formula is C18H19ClN2O2. The van der Waals surface area contributed by atoms with E-state index in [1.165, 1.54) is 0 Å². The minimum absolute atomic E-state index is 0.101. The van der Waals surface area contributed by atoms with Gasteiger partial charge in [0.1, 0.15) is 0 Å². The van der Waals surface area contributed by atoms with Gasteiger partial charge in [0.15, 0.2) is 0 Å². The molecule has 23 heavy (non-hydrogen) atoms. The van der Waals surface area contributed by atoms with Crippen molar-refractivity contribution in [3.05, 3.63) is 64.7 Å². The zero-order valence-electron chi connectivity index (χ0n) is 13.1. The Kier molecular flexibility index (Phi) is 5.77. The third-order valence-electron chi connectivity index (χ3n) is 3.49. The Hall–Kier alpha value is -2.33. The molecule has 2 aromatic rings. The van der Waals surface area contributed by atoms with Gasteiger partial charge in [0, 0.05) is 17.3 Å². The molecule has 0 saturated carbocycles. The van der Waals surface area contributed by atoms with Gasteiger partial charge in [-0.05, 0) is 43.7 Å². The summed E-state index contributed by atoms with van der Waals surface area (Å²) in [6.07, 6.45) is 0.856. The van der Waals surface area contributed by atoms with Crippen LogP contribution in [-0.2, 0) is 0 Å². The number of carbonyl (C=O) groups is 2. The molecule has 0 aliphatic carbocycles. The fourth-order valence-corrected chi connectivity index (χ4v) is 2.21.